The quantitative estimate of drug-likeness (QED) is 0.366. The van der Waals surface area contributed by atoms with Gasteiger partial charge in [0.25, 0.3) is 5.91 Å². The monoisotopic (exact) mass is 523 g/mol. The van der Waals surface area contributed by atoms with Crippen molar-refractivity contribution in [3.8, 4) is 17.2 Å². The number of ether oxygens (including phenoxy) is 1. The third kappa shape index (κ3) is 7.32. The second-order valence-electron chi connectivity index (χ2n) is 9.80. The van der Waals surface area contributed by atoms with Gasteiger partial charge in [-0.15, -0.1) is 0 Å². The van der Waals surface area contributed by atoms with Crippen LogP contribution in [-0.2, 0) is 20.7 Å². The van der Waals surface area contributed by atoms with Gasteiger partial charge in [0.05, 0.1) is 31.1 Å². The molecular formula is C32H33N3O4. The zero-order chi connectivity index (χ0) is 27.6. The Morgan fingerprint density at radius 3 is 2.51 bits per heavy atom. The molecule has 7 nitrogen and oxygen atoms in total. The summed E-state index contributed by atoms with van der Waals surface area (Å²) in [4.78, 5) is 39.7. The minimum Gasteiger partial charge on any atom is -0.469 e. The maximum atomic E-state index is 13.1. The first-order chi connectivity index (χ1) is 19.0. The van der Waals surface area contributed by atoms with E-state index in [2.05, 4.69) is 23.5 Å². The molecule has 1 saturated heterocycles. The lowest BCUT2D eigenvalue weighted by molar-refractivity contribution is -0.144. The molecule has 4 rings (SSSR count). The van der Waals surface area contributed by atoms with E-state index in [1.165, 1.54) is 12.7 Å². The lowest BCUT2D eigenvalue weighted by atomic mass is 10.00. The first kappa shape index (κ1) is 27.6. The zero-order valence-corrected chi connectivity index (χ0v) is 22.1. The molecule has 0 bridgehead atoms. The number of aryl methyl sites for hydroxylation is 1. The summed E-state index contributed by atoms with van der Waals surface area (Å²) in [5.74, 6) is -0.962. The van der Waals surface area contributed by atoms with Crippen molar-refractivity contribution in [3.63, 3.8) is 0 Å². The van der Waals surface area contributed by atoms with Crippen LogP contribution < -0.4 is 5.32 Å². The summed E-state index contributed by atoms with van der Waals surface area (Å²) < 4.78 is 4.80. The number of nitriles is 1. The van der Waals surface area contributed by atoms with Crippen molar-refractivity contribution in [1.29, 1.82) is 5.26 Å². The molecule has 1 heterocycles. The largest absolute Gasteiger partial charge is 0.469 e. The molecule has 1 aliphatic rings. The molecule has 39 heavy (non-hydrogen) atoms. The van der Waals surface area contributed by atoms with Crippen molar-refractivity contribution in [2.24, 2.45) is 5.92 Å². The van der Waals surface area contributed by atoms with E-state index >= 15 is 0 Å². The van der Waals surface area contributed by atoms with Crippen LogP contribution in [0.15, 0.2) is 78.9 Å². The number of carbonyl (C=O) groups is 3. The van der Waals surface area contributed by atoms with E-state index < -0.39 is 0 Å². The van der Waals surface area contributed by atoms with Crippen LogP contribution in [0, 0.1) is 17.2 Å². The highest BCUT2D eigenvalue weighted by Crippen LogP contribution is 2.30. The first-order valence-corrected chi connectivity index (χ1v) is 13.3. The molecule has 0 unspecified atom stereocenters. The number of hydrogen-bond acceptors (Lipinski definition) is 5. The Balaban J connectivity index is 1.33. The Morgan fingerprint density at radius 2 is 1.79 bits per heavy atom. The summed E-state index contributed by atoms with van der Waals surface area (Å²) in [7, 11) is 1.34. The van der Waals surface area contributed by atoms with E-state index in [4.69, 9.17) is 10.00 Å². The van der Waals surface area contributed by atoms with Crippen molar-refractivity contribution < 1.29 is 19.1 Å². The van der Waals surface area contributed by atoms with Gasteiger partial charge in [-0.25, -0.2) is 0 Å². The standard InChI is InChI=1S/C32H33N3O4/c1-39-30(36)21-28-20-29(35(32(28)38)18-6-10-23-7-3-2-4-8-23)16-17-34-31(37)26-14-12-25(13-15-26)27-11-5-9-24(19-27)22-33/h2-5,7-9,11-15,19,28-29H,6,10,16-18,20-21H2,1H3,(H,34,37)/t28-,29+/m0/s1. The summed E-state index contributed by atoms with van der Waals surface area (Å²) >= 11 is 0. The number of amides is 2. The van der Waals surface area contributed by atoms with E-state index in [0.29, 0.717) is 37.1 Å². The van der Waals surface area contributed by atoms with Gasteiger partial charge in [0.15, 0.2) is 0 Å². The number of hydrogen-bond donors (Lipinski definition) is 1. The van der Waals surface area contributed by atoms with Crippen LogP contribution in [0.3, 0.4) is 0 Å². The molecule has 1 fully saturated rings. The van der Waals surface area contributed by atoms with Gasteiger partial charge in [-0.1, -0.05) is 54.6 Å². The average Bonchev–Trinajstić information content (AvgIpc) is 3.26. The predicted molar refractivity (Wildman–Crippen MR) is 149 cm³/mol. The second kappa shape index (κ2) is 13.4. The number of rotatable bonds is 11. The normalized spacial score (nSPS) is 16.5. The van der Waals surface area contributed by atoms with Crippen LogP contribution in [-0.4, -0.2) is 48.9 Å². The zero-order valence-electron chi connectivity index (χ0n) is 22.1. The Morgan fingerprint density at radius 1 is 1.03 bits per heavy atom. The van der Waals surface area contributed by atoms with E-state index in [9.17, 15) is 14.4 Å². The maximum absolute atomic E-state index is 13.1. The highest BCUT2D eigenvalue weighted by molar-refractivity contribution is 5.94. The van der Waals surface area contributed by atoms with Crippen LogP contribution in [0.5, 0.6) is 0 Å². The molecule has 7 heteroatoms. The molecule has 0 aromatic heterocycles. The molecule has 2 atom stereocenters. The molecule has 3 aromatic carbocycles. The molecule has 1 aliphatic heterocycles. The fraction of sp³-hybridized carbons (Fsp3) is 0.312. The highest BCUT2D eigenvalue weighted by atomic mass is 16.5. The van der Waals surface area contributed by atoms with Crippen molar-refractivity contribution in [1.82, 2.24) is 10.2 Å². The van der Waals surface area contributed by atoms with E-state index in [-0.39, 0.29) is 36.2 Å². The number of methoxy groups -OCH3 is 1. The van der Waals surface area contributed by atoms with Gasteiger partial charge < -0.3 is 15.0 Å². The highest BCUT2D eigenvalue weighted by Gasteiger charge is 2.39. The van der Waals surface area contributed by atoms with Crippen LogP contribution in [0.4, 0.5) is 0 Å². The van der Waals surface area contributed by atoms with Crippen molar-refractivity contribution in [3.05, 3.63) is 95.6 Å². The molecule has 0 spiro atoms. The summed E-state index contributed by atoms with van der Waals surface area (Å²) in [5, 5.41) is 12.1. The van der Waals surface area contributed by atoms with Crippen molar-refractivity contribution >= 4 is 17.8 Å². The first-order valence-electron chi connectivity index (χ1n) is 13.3. The molecule has 2 amide bonds. The van der Waals surface area contributed by atoms with Crippen LogP contribution in [0.2, 0.25) is 0 Å². The fourth-order valence-corrected chi connectivity index (χ4v) is 5.13. The molecule has 0 saturated carbocycles. The minimum atomic E-state index is -0.387. The van der Waals surface area contributed by atoms with E-state index in [1.807, 2.05) is 53.4 Å². The molecule has 0 aliphatic carbocycles. The molecule has 1 N–H and O–H groups in total. The number of esters is 1. The summed E-state index contributed by atoms with van der Waals surface area (Å²) in [6.07, 6.45) is 2.96. The van der Waals surface area contributed by atoms with Gasteiger partial charge in [0.2, 0.25) is 5.91 Å². The smallest absolute Gasteiger partial charge is 0.306 e. The number of nitrogens with one attached hydrogen (secondary N) is 1. The number of nitrogens with zero attached hydrogens (tertiary/aromatic N) is 2. The van der Waals surface area contributed by atoms with Crippen LogP contribution in [0.1, 0.15) is 47.2 Å². The summed E-state index contributed by atoms with van der Waals surface area (Å²) in [6, 6.07) is 26.9. The van der Waals surface area contributed by atoms with Crippen molar-refractivity contribution in [2.45, 2.75) is 38.1 Å². The molecule has 0 radical (unpaired) electrons. The Hall–Kier alpha value is -4.44. The van der Waals surface area contributed by atoms with Crippen LogP contribution >= 0.6 is 0 Å². The van der Waals surface area contributed by atoms with Gasteiger partial charge >= 0.3 is 5.97 Å². The van der Waals surface area contributed by atoms with E-state index in [1.54, 1.807) is 18.2 Å². The average molecular weight is 524 g/mol. The number of benzene rings is 3. The SMILES string of the molecule is COC(=O)C[C@@H]1C[C@@H](CCNC(=O)c2ccc(-c3cccc(C#N)c3)cc2)N(CCCc2ccccc2)C1=O. The molecule has 200 valence electrons. The fourth-order valence-electron chi connectivity index (χ4n) is 5.13. The third-order valence-corrected chi connectivity index (χ3v) is 7.21. The lowest BCUT2D eigenvalue weighted by Crippen LogP contribution is -2.37. The van der Waals surface area contributed by atoms with Gasteiger partial charge in [-0.3, -0.25) is 14.4 Å². The van der Waals surface area contributed by atoms with Crippen molar-refractivity contribution in [2.75, 3.05) is 20.2 Å². The molecule has 3 aromatic rings. The Labute approximate surface area is 229 Å². The maximum Gasteiger partial charge on any atom is 0.306 e. The minimum absolute atomic E-state index is 0.0131. The van der Waals surface area contributed by atoms with E-state index in [0.717, 1.165) is 24.0 Å². The Bertz CT molecular complexity index is 1330. The topological polar surface area (TPSA) is 99.5 Å². The predicted octanol–water partition coefficient (Wildman–Crippen LogP) is 4.76. The third-order valence-electron chi connectivity index (χ3n) is 7.21. The molecular weight excluding hydrogens is 490 g/mol. The number of carbonyl (C=O) groups excluding carboxylic acids is 3. The lowest BCUT2D eigenvalue weighted by Gasteiger charge is -2.25. The summed E-state index contributed by atoms with van der Waals surface area (Å²) in [6.45, 7) is 1.03. The van der Waals surface area contributed by atoms with Gasteiger partial charge in [0, 0.05) is 24.7 Å². The van der Waals surface area contributed by atoms with Gasteiger partial charge in [-0.05, 0) is 66.6 Å². The van der Waals surface area contributed by atoms with Gasteiger partial charge in [-0.2, -0.15) is 5.26 Å². The van der Waals surface area contributed by atoms with Crippen LogP contribution in [0.25, 0.3) is 11.1 Å². The summed E-state index contributed by atoms with van der Waals surface area (Å²) in [5.41, 5.74) is 4.20. The number of likely N-dealkylation sites (tertiary alicyclic amines) is 1. The van der Waals surface area contributed by atoms with Gasteiger partial charge in [0.1, 0.15) is 0 Å². The second-order valence-corrected chi connectivity index (χ2v) is 9.80. The Kier molecular flexibility index (Phi) is 9.47.